The standard InChI is InChI=1S/C24H24N4O4/c1-30-15-12-10-14(11-13-15)23-26-24-25-17-7-5-8-18(29)20(17)21(28(24)27-23)16-6-4-9-19(31-2)22(16)32-3/h4,6,9-13,21H,5,7-8H2,1-3H3,(H,25,26,27)/t21-/m0/s1. The van der Waals surface area contributed by atoms with Gasteiger partial charge in [0.2, 0.25) is 5.95 Å². The summed E-state index contributed by atoms with van der Waals surface area (Å²) in [5.74, 6) is 3.22. The zero-order chi connectivity index (χ0) is 22.2. The lowest BCUT2D eigenvalue weighted by Crippen LogP contribution is -2.31. The minimum atomic E-state index is -0.460. The van der Waals surface area contributed by atoms with E-state index in [1.54, 1.807) is 26.0 Å². The highest BCUT2D eigenvalue weighted by atomic mass is 16.5. The van der Waals surface area contributed by atoms with Crippen LogP contribution >= 0.6 is 0 Å². The molecule has 2 heterocycles. The number of hydrogen-bond donors (Lipinski definition) is 1. The summed E-state index contributed by atoms with van der Waals surface area (Å²) in [6.45, 7) is 0. The number of methoxy groups -OCH3 is 3. The predicted octanol–water partition coefficient (Wildman–Crippen LogP) is 3.99. The van der Waals surface area contributed by atoms with E-state index in [1.165, 1.54) is 0 Å². The molecule has 1 aliphatic heterocycles. The number of para-hydroxylation sites is 1. The molecule has 3 aromatic rings. The van der Waals surface area contributed by atoms with Crippen LogP contribution < -0.4 is 19.5 Å². The van der Waals surface area contributed by atoms with Gasteiger partial charge in [0.25, 0.3) is 0 Å². The Morgan fingerprint density at radius 3 is 2.53 bits per heavy atom. The third-order valence-corrected chi connectivity index (χ3v) is 5.94. The zero-order valence-electron chi connectivity index (χ0n) is 18.2. The largest absolute Gasteiger partial charge is 0.497 e. The van der Waals surface area contributed by atoms with E-state index in [-0.39, 0.29) is 5.78 Å². The van der Waals surface area contributed by atoms with Crippen LogP contribution in [0.1, 0.15) is 30.9 Å². The Morgan fingerprint density at radius 1 is 1.00 bits per heavy atom. The quantitative estimate of drug-likeness (QED) is 0.652. The van der Waals surface area contributed by atoms with Crippen molar-refractivity contribution in [1.29, 1.82) is 0 Å². The van der Waals surface area contributed by atoms with E-state index in [2.05, 4.69) is 5.32 Å². The molecule has 0 saturated carbocycles. The van der Waals surface area contributed by atoms with Gasteiger partial charge >= 0.3 is 0 Å². The second-order valence-electron chi connectivity index (χ2n) is 7.71. The molecule has 32 heavy (non-hydrogen) atoms. The van der Waals surface area contributed by atoms with E-state index in [4.69, 9.17) is 24.3 Å². The first-order valence-corrected chi connectivity index (χ1v) is 10.5. The Bertz CT molecular complexity index is 1210. The number of anilines is 1. The van der Waals surface area contributed by atoms with Crippen molar-refractivity contribution in [2.45, 2.75) is 25.3 Å². The van der Waals surface area contributed by atoms with E-state index in [0.29, 0.717) is 35.3 Å². The first-order chi connectivity index (χ1) is 15.6. The van der Waals surface area contributed by atoms with Crippen LogP contribution in [0.5, 0.6) is 17.2 Å². The number of carbonyl (C=O) groups is 1. The van der Waals surface area contributed by atoms with Gasteiger partial charge in [-0.1, -0.05) is 12.1 Å². The summed E-state index contributed by atoms with van der Waals surface area (Å²) in [5.41, 5.74) is 3.28. The molecule has 0 spiro atoms. The lowest BCUT2D eigenvalue weighted by molar-refractivity contribution is -0.116. The van der Waals surface area contributed by atoms with Crippen molar-refractivity contribution in [1.82, 2.24) is 14.8 Å². The van der Waals surface area contributed by atoms with Gasteiger partial charge in [-0.3, -0.25) is 4.79 Å². The van der Waals surface area contributed by atoms with Crippen LogP contribution in [0.15, 0.2) is 53.7 Å². The van der Waals surface area contributed by atoms with Crippen LogP contribution in [0.3, 0.4) is 0 Å². The number of carbonyl (C=O) groups excluding carboxylic acids is 1. The van der Waals surface area contributed by atoms with E-state index < -0.39 is 6.04 Å². The number of aromatic nitrogens is 3. The van der Waals surface area contributed by atoms with Gasteiger partial charge in [0, 0.05) is 28.8 Å². The number of benzene rings is 2. The van der Waals surface area contributed by atoms with Crippen molar-refractivity contribution in [3.8, 4) is 28.6 Å². The first-order valence-electron chi connectivity index (χ1n) is 10.5. The molecule has 164 valence electrons. The summed E-state index contributed by atoms with van der Waals surface area (Å²) in [5, 5.41) is 8.17. The average molecular weight is 432 g/mol. The van der Waals surface area contributed by atoms with Gasteiger partial charge in [0.05, 0.1) is 21.3 Å². The smallest absolute Gasteiger partial charge is 0.226 e. The van der Waals surface area contributed by atoms with Gasteiger partial charge in [-0.05, 0) is 43.2 Å². The number of nitrogens with one attached hydrogen (secondary N) is 1. The summed E-state index contributed by atoms with van der Waals surface area (Å²) in [6, 6.07) is 12.8. The average Bonchev–Trinajstić information content (AvgIpc) is 3.26. The fourth-order valence-electron chi connectivity index (χ4n) is 4.43. The van der Waals surface area contributed by atoms with Crippen molar-refractivity contribution in [3.05, 3.63) is 59.3 Å². The number of Topliss-reactive ketones (excluding diaryl/α,β-unsaturated/α-hetero) is 1. The van der Waals surface area contributed by atoms with Crippen molar-refractivity contribution in [2.24, 2.45) is 0 Å². The summed E-state index contributed by atoms with van der Waals surface area (Å²) >= 11 is 0. The summed E-state index contributed by atoms with van der Waals surface area (Å²) in [4.78, 5) is 17.8. The Morgan fingerprint density at radius 2 is 1.81 bits per heavy atom. The molecular formula is C24H24N4O4. The molecule has 1 N–H and O–H groups in total. The highest BCUT2D eigenvalue weighted by Crippen LogP contribution is 2.45. The molecular weight excluding hydrogens is 408 g/mol. The molecule has 0 bridgehead atoms. The van der Waals surface area contributed by atoms with Crippen molar-refractivity contribution >= 4 is 11.7 Å². The maximum Gasteiger partial charge on any atom is 0.226 e. The number of ketones is 1. The number of nitrogens with zero attached hydrogens (tertiary/aromatic N) is 3. The van der Waals surface area contributed by atoms with Crippen LogP contribution in [0, 0.1) is 0 Å². The predicted molar refractivity (Wildman–Crippen MR) is 119 cm³/mol. The van der Waals surface area contributed by atoms with E-state index in [1.807, 2.05) is 42.5 Å². The molecule has 1 atom stereocenters. The Hall–Kier alpha value is -3.81. The maximum atomic E-state index is 13.1. The van der Waals surface area contributed by atoms with Gasteiger partial charge in [0.15, 0.2) is 23.1 Å². The third kappa shape index (κ3) is 3.19. The molecule has 1 aliphatic carbocycles. The molecule has 0 amide bonds. The molecule has 8 heteroatoms. The highest BCUT2D eigenvalue weighted by molar-refractivity contribution is 5.99. The normalized spacial score (nSPS) is 17.3. The number of fused-ring (bicyclic) bond motifs is 1. The van der Waals surface area contributed by atoms with Gasteiger partial charge in [-0.25, -0.2) is 4.68 Å². The van der Waals surface area contributed by atoms with Crippen LogP contribution in [0.4, 0.5) is 5.95 Å². The van der Waals surface area contributed by atoms with Crippen LogP contribution in [0.2, 0.25) is 0 Å². The SMILES string of the molecule is COc1ccc(-c2nc3n(n2)[C@@H](c2cccc(OC)c2OC)C2=C(CCCC2=O)N3)cc1. The van der Waals surface area contributed by atoms with E-state index >= 15 is 0 Å². The summed E-state index contributed by atoms with van der Waals surface area (Å²) < 4.78 is 18.3. The molecule has 8 nitrogen and oxygen atoms in total. The zero-order valence-corrected chi connectivity index (χ0v) is 18.2. The monoisotopic (exact) mass is 432 g/mol. The summed E-state index contributed by atoms with van der Waals surface area (Å²) in [6.07, 6.45) is 2.11. The molecule has 1 aromatic heterocycles. The fraction of sp³-hybridized carbons (Fsp3) is 0.292. The highest BCUT2D eigenvalue weighted by Gasteiger charge is 2.38. The number of rotatable bonds is 5. The molecule has 0 unspecified atom stereocenters. The fourth-order valence-corrected chi connectivity index (χ4v) is 4.43. The van der Waals surface area contributed by atoms with Crippen LogP contribution in [-0.2, 0) is 4.79 Å². The van der Waals surface area contributed by atoms with Gasteiger partial charge < -0.3 is 19.5 Å². The topological polar surface area (TPSA) is 87.5 Å². The van der Waals surface area contributed by atoms with Gasteiger partial charge in [0.1, 0.15) is 11.8 Å². The number of allylic oxidation sites excluding steroid dienone is 2. The third-order valence-electron chi connectivity index (χ3n) is 5.94. The Labute approximate surface area is 185 Å². The number of ether oxygens (including phenoxy) is 3. The molecule has 5 rings (SSSR count). The van der Waals surface area contributed by atoms with E-state index in [9.17, 15) is 4.79 Å². The van der Waals surface area contributed by atoms with Crippen molar-refractivity contribution < 1.29 is 19.0 Å². The minimum Gasteiger partial charge on any atom is -0.497 e. The van der Waals surface area contributed by atoms with Gasteiger partial charge in [-0.2, -0.15) is 4.98 Å². The first kappa shape index (κ1) is 20.1. The van der Waals surface area contributed by atoms with Crippen LogP contribution in [-0.4, -0.2) is 41.9 Å². The Balaban J connectivity index is 1.69. The lowest BCUT2D eigenvalue weighted by Gasteiger charge is -2.32. The van der Waals surface area contributed by atoms with Crippen molar-refractivity contribution in [3.63, 3.8) is 0 Å². The molecule has 2 aliphatic rings. The maximum absolute atomic E-state index is 13.1. The Kier molecular flexibility index (Phi) is 5.05. The molecule has 0 fully saturated rings. The minimum absolute atomic E-state index is 0.112. The number of hydrogen-bond acceptors (Lipinski definition) is 7. The van der Waals surface area contributed by atoms with Gasteiger partial charge in [-0.15, -0.1) is 5.10 Å². The van der Waals surface area contributed by atoms with Crippen molar-refractivity contribution in [2.75, 3.05) is 26.6 Å². The van der Waals surface area contributed by atoms with E-state index in [0.717, 1.165) is 35.4 Å². The second kappa shape index (κ2) is 8.03. The second-order valence-corrected chi connectivity index (χ2v) is 7.71. The lowest BCUT2D eigenvalue weighted by atomic mass is 9.85. The molecule has 0 radical (unpaired) electrons. The summed E-state index contributed by atoms with van der Waals surface area (Å²) in [7, 11) is 4.83. The molecule has 0 saturated heterocycles. The van der Waals surface area contributed by atoms with Crippen LogP contribution in [0.25, 0.3) is 11.4 Å². The molecule has 2 aromatic carbocycles.